The molecule has 0 radical (unpaired) electrons. The second kappa shape index (κ2) is 11.0. The minimum absolute atomic E-state index is 0. The highest BCUT2D eigenvalue weighted by molar-refractivity contribution is 5.59. The number of rotatable bonds is 8. The second-order valence-electron chi connectivity index (χ2n) is 6.96. The van der Waals surface area contributed by atoms with Crippen molar-refractivity contribution in [2.24, 2.45) is 0 Å². The van der Waals surface area contributed by atoms with Gasteiger partial charge in [0.2, 0.25) is 5.88 Å². The molecule has 1 aliphatic rings. The molecule has 1 aliphatic heterocycles. The van der Waals surface area contributed by atoms with E-state index in [1.165, 1.54) is 63.9 Å². The highest BCUT2D eigenvalue weighted by atomic mass is 19.1. The summed E-state index contributed by atoms with van der Waals surface area (Å²) in [5, 5.41) is 0. The lowest BCUT2D eigenvalue weighted by molar-refractivity contribution is 0.220. The van der Waals surface area contributed by atoms with Crippen molar-refractivity contribution < 1.29 is 9.13 Å². The van der Waals surface area contributed by atoms with Gasteiger partial charge in [-0.05, 0) is 82.9 Å². The zero-order valence-electron chi connectivity index (χ0n) is 15.6. The minimum atomic E-state index is -0.249. The number of ether oxygens (including phenoxy) is 1. The fraction of sp³-hybridized carbons (Fsp3) is 0.545. The van der Waals surface area contributed by atoms with Crippen LogP contribution in [0.4, 0.5) is 4.39 Å². The van der Waals surface area contributed by atoms with Gasteiger partial charge in [0, 0.05) is 11.6 Å². The second-order valence-corrected chi connectivity index (χ2v) is 6.96. The van der Waals surface area contributed by atoms with E-state index in [0.717, 1.165) is 17.7 Å². The van der Waals surface area contributed by atoms with E-state index in [1.807, 2.05) is 13.0 Å². The van der Waals surface area contributed by atoms with E-state index < -0.39 is 0 Å². The number of aromatic nitrogens is 2. The highest BCUT2D eigenvalue weighted by Gasteiger charge is 2.09. The Morgan fingerprint density at radius 2 is 1.74 bits per heavy atom. The van der Waals surface area contributed by atoms with Crippen LogP contribution in [0.15, 0.2) is 30.3 Å². The van der Waals surface area contributed by atoms with E-state index in [4.69, 9.17) is 4.74 Å². The molecule has 0 unspecified atom stereocenters. The molecule has 1 aromatic heterocycles. The molecule has 2 heterocycles. The molecule has 2 aromatic rings. The number of nitrogens with zero attached hydrogens (tertiary/aromatic N) is 3. The number of hydrogen-bond acceptors (Lipinski definition) is 4. The van der Waals surface area contributed by atoms with E-state index in [9.17, 15) is 4.39 Å². The lowest BCUT2D eigenvalue weighted by atomic mass is 10.1. The van der Waals surface area contributed by atoms with Gasteiger partial charge in [-0.3, -0.25) is 0 Å². The Kier molecular flexibility index (Phi) is 8.65. The van der Waals surface area contributed by atoms with Gasteiger partial charge in [-0.15, -0.1) is 0 Å². The molecule has 1 aromatic carbocycles. The lowest BCUT2D eigenvalue weighted by Crippen LogP contribution is -2.30. The van der Waals surface area contributed by atoms with Crippen molar-refractivity contribution in [3.05, 3.63) is 42.0 Å². The van der Waals surface area contributed by atoms with Gasteiger partial charge in [0.15, 0.2) is 0 Å². The Hall–Kier alpha value is -2.01. The van der Waals surface area contributed by atoms with Gasteiger partial charge in [-0.1, -0.05) is 13.8 Å². The van der Waals surface area contributed by atoms with Crippen LogP contribution in [0.3, 0.4) is 0 Å². The van der Waals surface area contributed by atoms with Crippen LogP contribution < -0.4 is 4.74 Å². The first kappa shape index (κ1) is 21.3. The Balaban J connectivity index is 0.00000261. The van der Waals surface area contributed by atoms with Crippen LogP contribution in [0.25, 0.3) is 11.3 Å². The van der Waals surface area contributed by atoms with E-state index in [1.54, 1.807) is 12.1 Å². The molecule has 1 fully saturated rings. The van der Waals surface area contributed by atoms with Crippen LogP contribution in [-0.2, 0) is 0 Å². The molecule has 0 aliphatic carbocycles. The van der Waals surface area contributed by atoms with Gasteiger partial charge < -0.3 is 9.64 Å². The van der Waals surface area contributed by atoms with Crippen molar-refractivity contribution in [3.63, 3.8) is 0 Å². The van der Waals surface area contributed by atoms with Crippen LogP contribution >= 0.6 is 0 Å². The zero-order chi connectivity index (χ0) is 18.2. The van der Waals surface area contributed by atoms with Crippen LogP contribution in [0.5, 0.6) is 5.88 Å². The third kappa shape index (κ3) is 6.90. The lowest BCUT2D eigenvalue weighted by Gasteiger charge is -2.26. The largest absolute Gasteiger partial charge is 0.478 e. The number of benzene rings is 1. The molecule has 3 rings (SSSR count). The van der Waals surface area contributed by atoms with Crippen molar-refractivity contribution in [3.8, 4) is 17.1 Å². The fourth-order valence-electron chi connectivity index (χ4n) is 3.36. The van der Waals surface area contributed by atoms with Crippen LogP contribution in [-0.4, -0.2) is 41.1 Å². The first-order valence-electron chi connectivity index (χ1n) is 9.67. The monoisotopic (exact) mass is 373 g/mol. The predicted octanol–water partition coefficient (Wildman–Crippen LogP) is 5.26. The van der Waals surface area contributed by atoms with Gasteiger partial charge in [-0.2, -0.15) is 4.98 Å². The maximum Gasteiger partial charge on any atom is 0.217 e. The Morgan fingerprint density at radius 1 is 1.00 bits per heavy atom. The number of unbranched alkanes of at least 4 members (excludes halogenated alkanes) is 2. The molecule has 0 saturated carbocycles. The molecule has 0 spiro atoms. The molecule has 0 bridgehead atoms. The van der Waals surface area contributed by atoms with Crippen LogP contribution in [0.1, 0.15) is 51.8 Å². The number of likely N-dealkylation sites (tertiary alicyclic amines) is 1. The average Bonchev–Trinajstić information content (AvgIpc) is 2.65. The topological polar surface area (TPSA) is 38.2 Å². The Bertz CT molecular complexity index is 684. The van der Waals surface area contributed by atoms with Gasteiger partial charge in [0.05, 0.1) is 12.3 Å². The summed E-state index contributed by atoms with van der Waals surface area (Å²) in [7, 11) is 0. The van der Waals surface area contributed by atoms with Gasteiger partial charge in [-0.25, -0.2) is 9.37 Å². The SMILES string of the molecule is C.Cc1nc(OCCCCCN2CCCCC2)cc(-c2ccc(F)cc2)n1. The molecule has 148 valence electrons. The van der Waals surface area contributed by atoms with E-state index >= 15 is 0 Å². The summed E-state index contributed by atoms with van der Waals surface area (Å²) < 4.78 is 18.9. The molecule has 0 atom stereocenters. The molecule has 4 nitrogen and oxygen atoms in total. The summed E-state index contributed by atoms with van der Waals surface area (Å²) in [4.78, 5) is 11.4. The minimum Gasteiger partial charge on any atom is -0.478 e. The smallest absolute Gasteiger partial charge is 0.217 e. The normalized spacial score (nSPS) is 14.6. The summed E-state index contributed by atoms with van der Waals surface area (Å²) in [5.74, 6) is 1.00. The van der Waals surface area contributed by atoms with Crippen molar-refractivity contribution in [1.82, 2.24) is 14.9 Å². The summed E-state index contributed by atoms with van der Waals surface area (Å²) in [6.07, 6.45) is 7.53. The van der Waals surface area contributed by atoms with Crippen LogP contribution in [0.2, 0.25) is 0 Å². The molecule has 1 saturated heterocycles. The van der Waals surface area contributed by atoms with E-state index in [-0.39, 0.29) is 13.2 Å². The van der Waals surface area contributed by atoms with Gasteiger partial charge in [0.25, 0.3) is 0 Å². The van der Waals surface area contributed by atoms with E-state index in [0.29, 0.717) is 18.3 Å². The molecule has 0 amide bonds. The number of piperidine rings is 1. The first-order chi connectivity index (χ1) is 12.7. The molecule has 5 heteroatoms. The van der Waals surface area contributed by atoms with Crippen molar-refractivity contribution in [2.45, 2.75) is 52.9 Å². The predicted molar refractivity (Wildman–Crippen MR) is 109 cm³/mol. The average molecular weight is 374 g/mol. The molecule has 0 N–H and O–H groups in total. The highest BCUT2D eigenvalue weighted by Crippen LogP contribution is 2.21. The number of aryl methyl sites for hydroxylation is 1. The van der Waals surface area contributed by atoms with Gasteiger partial charge in [0.1, 0.15) is 11.6 Å². The molecule has 27 heavy (non-hydrogen) atoms. The molecular weight excluding hydrogens is 341 g/mol. The van der Waals surface area contributed by atoms with E-state index in [2.05, 4.69) is 14.9 Å². The Morgan fingerprint density at radius 3 is 2.48 bits per heavy atom. The first-order valence-corrected chi connectivity index (χ1v) is 9.67. The number of halogens is 1. The summed E-state index contributed by atoms with van der Waals surface area (Å²) >= 11 is 0. The van der Waals surface area contributed by atoms with Gasteiger partial charge >= 0.3 is 0 Å². The van der Waals surface area contributed by atoms with Crippen molar-refractivity contribution in [2.75, 3.05) is 26.2 Å². The zero-order valence-corrected chi connectivity index (χ0v) is 15.6. The Labute approximate surface area is 162 Å². The van der Waals surface area contributed by atoms with Crippen molar-refractivity contribution in [1.29, 1.82) is 0 Å². The fourth-order valence-corrected chi connectivity index (χ4v) is 3.36. The summed E-state index contributed by atoms with van der Waals surface area (Å²) in [5.41, 5.74) is 1.63. The number of hydrogen-bond donors (Lipinski definition) is 0. The third-order valence-corrected chi connectivity index (χ3v) is 4.77. The van der Waals surface area contributed by atoms with Crippen molar-refractivity contribution >= 4 is 0 Å². The van der Waals surface area contributed by atoms with Crippen LogP contribution in [0, 0.1) is 12.7 Å². The maximum absolute atomic E-state index is 13.1. The molecular formula is C22H32FN3O. The summed E-state index contributed by atoms with van der Waals surface area (Å²) in [6, 6.07) is 8.15. The third-order valence-electron chi connectivity index (χ3n) is 4.77. The standard InChI is InChI=1S/C21H28FN3O.CH4/c1-17-23-20(18-8-10-19(22)11-9-18)16-21(24-17)26-15-7-3-6-14-25-12-4-2-5-13-25;/h8-11,16H,2-7,12-15H2,1H3;1H4. The maximum atomic E-state index is 13.1. The summed E-state index contributed by atoms with van der Waals surface area (Å²) in [6.45, 7) is 6.25. The quantitative estimate of drug-likeness (QED) is 0.592.